The summed E-state index contributed by atoms with van der Waals surface area (Å²) in [7, 11) is 1.70. The highest BCUT2D eigenvalue weighted by molar-refractivity contribution is 5.27. The zero-order valence-electron chi connectivity index (χ0n) is 14.7. The lowest BCUT2D eigenvalue weighted by Crippen LogP contribution is -2.34. The minimum atomic E-state index is 0.192. The second-order valence-corrected chi connectivity index (χ2v) is 6.57. The number of nitrogens with two attached hydrogens (primary N) is 2. The van der Waals surface area contributed by atoms with Crippen molar-refractivity contribution in [1.29, 1.82) is 0 Å². The van der Waals surface area contributed by atoms with E-state index in [1.807, 2.05) is 12.1 Å². The smallest absolute Gasteiger partial charge is 0.225 e. The second-order valence-electron chi connectivity index (χ2n) is 6.57. The number of aromatic nitrogens is 3. The predicted molar refractivity (Wildman–Crippen MR) is 98.0 cm³/mol. The molecule has 1 fully saturated rings. The quantitative estimate of drug-likeness (QED) is 0.826. The first kappa shape index (κ1) is 17.4. The van der Waals surface area contributed by atoms with Crippen molar-refractivity contribution in [3.63, 3.8) is 0 Å². The molecule has 0 radical (unpaired) electrons. The van der Waals surface area contributed by atoms with Gasteiger partial charge in [-0.25, -0.2) is 0 Å². The lowest BCUT2D eigenvalue weighted by Gasteiger charge is -2.31. The van der Waals surface area contributed by atoms with Gasteiger partial charge in [0.25, 0.3) is 0 Å². The van der Waals surface area contributed by atoms with Gasteiger partial charge in [-0.2, -0.15) is 15.0 Å². The SMILES string of the molecule is COc1ccc(CCC2CCN(Cc3nc(N)nc(N)n3)CC2)cc1. The lowest BCUT2D eigenvalue weighted by molar-refractivity contribution is 0.169. The van der Waals surface area contributed by atoms with Crippen LogP contribution in [0.25, 0.3) is 0 Å². The number of methoxy groups -OCH3 is 1. The number of anilines is 2. The van der Waals surface area contributed by atoms with Gasteiger partial charge in [0.2, 0.25) is 11.9 Å². The molecule has 1 aromatic heterocycles. The molecule has 0 amide bonds. The Morgan fingerprint density at radius 3 is 2.28 bits per heavy atom. The molecule has 1 saturated heterocycles. The molecule has 3 rings (SSSR count). The molecule has 1 aliphatic heterocycles. The molecule has 0 unspecified atom stereocenters. The van der Waals surface area contributed by atoms with E-state index >= 15 is 0 Å². The van der Waals surface area contributed by atoms with E-state index in [2.05, 4.69) is 32.0 Å². The molecule has 0 saturated carbocycles. The van der Waals surface area contributed by atoms with E-state index in [1.165, 1.54) is 24.8 Å². The van der Waals surface area contributed by atoms with Gasteiger partial charge in [-0.05, 0) is 62.4 Å². The Bertz CT molecular complexity index is 662. The maximum Gasteiger partial charge on any atom is 0.225 e. The van der Waals surface area contributed by atoms with Gasteiger partial charge in [-0.15, -0.1) is 0 Å². The Morgan fingerprint density at radius 2 is 1.68 bits per heavy atom. The molecule has 0 atom stereocenters. The van der Waals surface area contributed by atoms with Crippen LogP contribution < -0.4 is 16.2 Å². The summed E-state index contributed by atoms with van der Waals surface area (Å²) >= 11 is 0. The summed E-state index contributed by atoms with van der Waals surface area (Å²) in [5, 5.41) is 0. The van der Waals surface area contributed by atoms with Crippen LogP contribution in [0.1, 0.15) is 30.7 Å². The van der Waals surface area contributed by atoms with Crippen LogP contribution in [0.3, 0.4) is 0 Å². The van der Waals surface area contributed by atoms with Crippen LogP contribution in [0.2, 0.25) is 0 Å². The fraction of sp³-hybridized carbons (Fsp3) is 0.500. The maximum atomic E-state index is 5.63. The number of likely N-dealkylation sites (tertiary alicyclic amines) is 1. The molecule has 2 aromatic rings. The van der Waals surface area contributed by atoms with E-state index in [0.717, 1.165) is 31.2 Å². The number of ether oxygens (including phenoxy) is 1. The minimum Gasteiger partial charge on any atom is -0.497 e. The average Bonchev–Trinajstić information content (AvgIpc) is 2.61. The van der Waals surface area contributed by atoms with Crippen LogP contribution in [0, 0.1) is 5.92 Å². The van der Waals surface area contributed by atoms with Crippen LogP contribution in [-0.2, 0) is 13.0 Å². The van der Waals surface area contributed by atoms with Crippen LogP contribution >= 0.6 is 0 Å². The van der Waals surface area contributed by atoms with E-state index in [0.29, 0.717) is 12.4 Å². The fourth-order valence-corrected chi connectivity index (χ4v) is 3.32. The first-order valence-corrected chi connectivity index (χ1v) is 8.73. The highest BCUT2D eigenvalue weighted by Crippen LogP contribution is 2.24. The number of piperidine rings is 1. The van der Waals surface area contributed by atoms with Crippen molar-refractivity contribution in [2.75, 3.05) is 31.7 Å². The fourth-order valence-electron chi connectivity index (χ4n) is 3.32. The van der Waals surface area contributed by atoms with Crippen molar-refractivity contribution in [2.24, 2.45) is 5.92 Å². The third-order valence-corrected chi connectivity index (χ3v) is 4.79. The summed E-state index contributed by atoms with van der Waals surface area (Å²) in [5.41, 5.74) is 12.6. The van der Waals surface area contributed by atoms with E-state index in [-0.39, 0.29) is 11.9 Å². The number of rotatable bonds is 6. The van der Waals surface area contributed by atoms with Gasteiger partial charge >= 0.3 is 0 Å². The number of hydrogen-bond donors (Lipinski definition) is 2. The number of benzene rings is 1. The molecule has 25 heavy (non-hydrogen) atoms. The van der Waals surface area contributed by atoms with Gasteiger partial charge in [0.15, 0.2) is 0 Å². The Balaban J connectivity index is 1.43. The highest BCUT2D eigenvalue weighted by Gasteiger charge is 2.20. The maximum absolute atomic E-state index is 5.63. The molecule has 0 bridgehead atoms. The molecule has 7 heteroatoms. The number of nitrogens with zero attached hydrogens (tertiary/aromatic N) is 4. The summed E-state index contributed by atoms with van der Waals surface area (Å²) in [4.78, 5) is 14.5. The minimum absolute atomic E-state index is 0.192. The largest absolute Gasteiger partial charge is 0.497 e. The van der Waals surface area contributed by atoms with Gasteiger partial charge in [0.05, 0.1) is 13.7 Å². The lowest BCUT2D eigenvalue weighted by atomic mass is 9.90. The van der Waals surface area contributed by atoms with Gasteiger partial charge in [-0.1, -0.05) is 12.1 Å². The van der Waals surface area contributed by atoms with Crippen molar-refractivity contribution >= 4 is 11.9 Å². The van der Waals surface area contributed by atoms with Crippen molar-refractivity contribution in [3.05, 3.63) is 35.7 Å². The Kier molecular flexibility index (Phi) is 5.65. The third kappa shape index (κ3) is 5.03. The van der Waals surface area contributed by atoms with Crippen LogP contribution in [0.15, 0.2) is 24.3 Å². The number of aryl methyl sites for hydroxylation is 1. The number of nitrogen functional groups attached to an aromatic ring is 2. The molecule has 4 N–H and O–H groups in total. The zero-order chi connectivity index (χ0) is 17.6. The summed E-state index contributed by atoms with van der Waals surface area (Å²) in [6, 6.07) is 8.38. The topological polar surface area (TPSA) is 103 Å². The summed E-state index contributed by atoms with van der Waals surface area (Å²) in [6.45, 7) is 2.79. The zero-order valence-corrected chi connectivity index (χ0v) is 14.7. The Labute approximate surface area is 148 Å². The Hall–Kier alpha value is -2.41. The van der Waals surface area contributed by atoms with Crippen LogP contribution in [-0.4, -0.2) is 40.1 Å². The van der Waals surface area contributed by atoms with Crippen molar-refractivity contribution < 1.29 is 4.74 Å². The van der Waals surface area contributed by atoms with Crippen LogP contribution in [0.4, 0.5) is 11.9 Å². The molecule has 7 nitrogen and oxygen atoms in total. The van der Waals surface area contributed by atoms with Gasteiger partial charge in [-0.3, -0.25) is 4.90 Å². The Morgan fingerprint density at radius 1 is 1.04 bits per heavy atom. The summed E-state index contributed by atoms with van der Waals surface area (Å²) in [6.07, 6.45) is 4.75. The van der Waals surface area contributed by atoms with E-state index in [1.54, 1.807) is 7.11 Å². The highest BCUT2D eigenvalue weighted by atomic mass is 16.5. The molecule has 1 aliphatic rings. The van der Waals surface area contributed by atoms with E-state index in [4.69, 9.17) is 16.2 Å². The molecular weight excluding hydrogens is 316 g/mol. The van der Waals surface area contributed by atoms with Gasteiger partial charge < -0.3 is 16.2 Å². The molecule has 1 aromatic carbocycles. The molecular formula is C18H26N6O. The van der Waals surface area contributed by atoms with Crippen LogP contribution in [0.5, 0.6) is 5.75 Å². The van der Waals surface area contributed by atoms with Crippen molar-refractivity contribution in [1.82, 2.24) is 19.9 Å². The number of hydrogen-bond acceptors (Lipinski definition) is 7. The predicted octanol–water partition coefficient (Wildman–Crippen LogP) is 1.89. The van der Waals surface area contributed by atoms with Gasteiger partial charge in [0.1, 0.15) is 11.6 Å². The molecule has 2 heterocycles. The molecule has 0 spiro atoms. The first-order chi connectivity index (χ1) is 12.1. The summed E-state index contributed by atoms with van der Waals surface area (Å²) < 4.78 is 5.20. The van der Waals surface area contributed by atoms with E-state index < -0.39 is 0 Å². The van der Waals surface area contributed by atoms with Gasteiger partial charge in [0, 0.05) is 0 Å². The van der Waals surface area contributed by atoms with Crippen molar-refractivity contribution in [3.8, 4) is 5.75 Å². The molecule has 134 valence electrons. The normalized spacial score (nSPS) is 16.0. The summed E-state index contributed by atoms with van der Waals surface area (Å²) in [5.74, 6) is 2.72. The van der Waals surface area contributed by atoms with Crippen molar-refractivity contribution in [2.45, 2.75) is 32.2 Å². The van der Waals surface area contributed by atoms with E-state index in [9.17, 15) is 0 Å². The first-order valence-electron chi connectivity index (χ1n) is 8.73. The molecule has 0 aliphatic carbocycles. The third-order valence-electron chi connectivity index (χ3n) is 4.79. The standard InChI is InChI=1S/C18H26N6O/c1-25-15-6-4-13(5-7-15)2-3-14-8-10-24(11-9-14)12-16-21-17(19)23-18(20)22-16/h4-7,14H,2-3,8-12H2,1H3,(H4,19,20,21,22,23). The second kappa shape index (κ2) is 8.11. The average molecular weight is 342 g/mol. The monoisotopic (exact) mass is 342 g/mol.